The highest BCUT2D eigenvalue weighted by atomic mass is 79.9. The second-order valence-electron chi connectivity index (χ2n) is 10.2. The average molecular weight is 556 g/mol. The van der Waals surface area contributed by atoms with Crippen LogP contribution in [-0.4, -0.2) is 43.9 Å². The summed E-state index contributed by atoms with van der Waals surface area (Å²) in [6.45, 7) is 7.35. The Hall–Kier alpha value is -2.38. The zero-order valence-electron chi connectivity index (χ0n) is 21.2. The number of nitrogens with zero attached hydrogens (tertiary/aromatic N) is 1. The molecule has 0 bridgehead atoms. The van der Waals surface area contributed by atoms with Gasteiger partial charge in [0.25, 0.3) is 0 Å². The predicted molar refractivity (Wildman–Crippen MR) is 141 cm³/mol. The number of esters is 2. The van der Waals surface area contributed by atoms with Crippen LogP contribution in [0.15, 0.2) is 53.0 Å². The molecule has 0 spiro atoms. The van der Waals surface area contributed by atoms with Crippen molar-refractivity contribution in [1.82, 2.24) is 0 Å². The minimum Gasteiger partial charge on any atom is -0.465 e. The molecule has 2 aromatic carbocycles. The molecule has 2 fully saturated rings. The molecule has 4 atom stereocenters. The summed E-state index contributed by atoms with van der Waals surface area (Å²) in [7, 11) is 0. The SMILES string of the molecule is CCOC(=O)C1(C(=O)OCC)C[C@H]2CCCO[C@@H]2[C@@]2(C)c3c(Br)cccc3N(Cc3ccccc3)[C@@H]12. The highest BCUT2D eigenvalue weighted by molar-refractivity contribution is 9.10. The van der Waals surface area contributed by atoms with Crippen molar-refractivity contribution in [2.45, 2.75) is 64.1 Å². The van der Waals surface area contributed by atoms with Crippen LogP contribution in [0.3, 0.4) is 0 Å². The number of hydrogen-bond donors (Lipinski definition) is 0. The van der Waals surface area contributed by atoms with Gasteiger partial charge in [0.2, 0.25) is 0 Å². The normalized spacial score (nSPS) is 28.0. The highest BCUT2D eigenvalue weighted by Crippen LogP contribution is 2.63. The summed E-state index contributed by atoms with van der Waals surface area (Å²) in [5, 5.41) is 0. The van der Waals surface area contributed by atoms with E-state index in [0.29, 0.717) is 19.6 Å². The van der Waals surface area contributed by atoms with Crippen LogP contribution in [0, 0.1) is 11.3 Å². The third-order valence-electron chi connectivity index (χ3n) is 8.28. The first kappa shape index (κ1) is 25.3. The van der Waals surface area contributed by atoms with Gasteiger partial charge in [-0.15, -0.1) is 0 Å². The van der Waals surface area contributed by atoms with Crippen molar-refractivity contribution in [3.8, 4) is 0 Å². The molecule has 192 valence electrons. The molecule has 1 aliphatic carbocycles. The molecule has 0 aromatic heterocycles. The van der Waals surface area contributed by atoms with Gasteiger partial charge in [-0.05, 0) is 56.7 Å². The Kier molecular flexibility index (Phi) is 6.90. The molecule has 0 amide bonds. The van der Waals surface area contributed by atoms with Crippen LogP contribution in [0.2, 0.25) is 0 Å². The van der Waals surface area contributed by atoms with Gasteiger partial charge >= 0.3 is 11.9 Å². The molecule has 2 aliphatic heterocycles. The number of anilines is 1. The maximum atomic E-state index is 14.0. The summed E-state index contributed by atoms with van der Waals surface area (Å²) in [6.07, 6.45) is 2.02. The number of halogens is 1. The minimum absolute atomic E-state index is 0.0328. The van der Waals surface area contributed by atoms with Crippen LogP contribution in [-0.2, 0) is 35.8 Å². The van der Waals surface area contributed by atoms with Gasteiger partial charge in [-0.25, -0.2) is 0 Å². The number of ether oxygens (including phenoxy) is 3. The van der Waals surface area contributed by atoms with Crippen LogP contribution < -0.4 is 4.90 Å². The monoisotopic (exact) mass is 555 g/mol. The van der Waals surface area contributed by atoms with Crippen molar-refractivity contribution in [1.29, 1.82) is 0 Å². The fourth-order valence-electron chi connectivity index (χ4n) is 7.15. The van der Waals surface area contributed by atoms with E-state index in [1.807, 2.05) is 30.3 Å². The quantitative estimate of drug-likeness (QED) is 0.351. The molecule has 2 heterocycles. The van der Waals surface area contributed by atoms with Gasteiger partial charge < -0.3 is 19.1 Å². The predicted octanol–water partition coefficient (Wildman–Crippen LogP) is 5.41. The van der Waals surface area contributed by atoms with Gasteiger partial charge in [-0.2, -0.15) is 0 Å². The second kappa shape index (κ2) is 9.82. The third-order valence-corrected chi connectivity index (χ3v) is 8.94. The maximum absolute atomic E-state index is 14.0. The Labute approximate surface area is 221 Å². The van der Waals surface area contributed by atoms with E-state index in [2.05, 4.69) is 46.0 Å². The van der Waals surface area contributed by atoms with E-state index < -0.39 is 28.8 Å². The molecule has 0 N–H and O–H groups in total. The molecular weight excluding hydrogens is 522 g/mol. The van der Waals surface area contributed by atoms with E-state index in [9.17, 15) is 9.59 Å². The lowest BCUT2D eigenvalue weighted by molar-refractivity contribution is -0.192. The van der Waals surface area contributed by atoms with Crippen molar-refractivity contribution in [2.24, 2.45) is 11.3 Å². The van der Waals surface area contributed by atoms with Gasteiger partial charge in [0.15, 0.2) is 5.41 Å². The molecule has 2 aromatic rings. The standard InChI is InChI=1S/C29H34BrNO5/c1-4-34-26(32)29(27(33)35-5-2)17-20-13-10-16-36-24(20)28(3)23-21(30)14-9-15-22(23)31(25(28)29)18-19-11-7-6-8-12-19/h6-9,11-12,14-15,20,24-25H,4-5,10,13,16-18H2,1-3H3/t20-,24+,25-,28-/m1/s1. The summed E-state index contributed by atoms with van der Waals surface area (Å²) in [5.74, 6) is -0.957. The van der Waals surface area contributed by atoms with E-state index in [4.69, 9.17) is 14.2 Å². The highest BCUT2D eigenvalue weighted by Gasteiger charge is 2.73. The summed E-state index contributed by atoms with van der Waals surface area (Å²) >= 11 is 3.83. The number of hydrogen-bond acceptors (Lipinski definition) is 6. The number of rotatable bonds is 6. The van der Waals surface area contributed by atoms with Crippen molar-refractivity contribution < 1.29 is 23.8 Å². The Bertz CT molecular complexity index is 1120. The van der Waals surface area contributed by atoms with Crippen LogP contribution in [0.1, 0.15) is 51.2 Å². The number of carbonyl (C=O) groups excluding carboxylic acids is 2. The van der Waals surface area contributed by atoms with E-state index in [1.165, 1.54) is 0 Å². The van der Waals surface area contributed by atoms with Crippen molar-refractivity contribution >= 4 is 33.6 Å². The smallest absolute Gasteiger partial charge is 0.325 e. The topological polar surface area (TPSA) is 65.1 Å². The summed E-state index contributed by atoms with van der Waals surface area (Å²) in [4.78, 5) is 30.3. The third kappa shape index (κ3) is 3.69. The second-order valence-corrected chi connectivity index (χ2v) is 11.1. The lowest BCUT2D eigenvalue weighted by atomic mass is 9.52. The Morgan fingerprint density at radius 2 is 1.75 bits per heavy atom. The zero-order chi connectivity index (χ0) is 25.5. The Balaban J connectivity index is 1.78. The lowest BCUT2D eigenvalue weighted by Gasteiger charge is -2.57. The van der Waals surface area contributed by atoms with Crippen LogP contribution >= 0.6 is 15.9 Å². The van der Waals surface area contributed by atoms with Crippen molar-refractivity contribution in [3.05, 3.63) is 64.1 Å². The fraction of sp³-hybridized carbons (Fsp3) is 0.517. The molecule has 5 rings (SSSR count). The average Bonchev–Trinajstić information content (AvgIpc) is 3.14. The molecule has 6 nitrogen and oxygen atoms in total. The van der Waals surface area contributed by atoms with Gasteiger partial charge in [-0.1, -0.05) is 59.3 Å². The summed E-state index contributed by atoms with van der Waals surface area (Å²) in [6, 6.07) is 15.8. The molecule has 1 saturated heterocycles. The van der Waals surface area contributed by atoms with Gasteiger partial charge in [0.1, 0.15) is 0 Å². The molecule has 36 heavy (non-hydrogen) atoms. The molecule has 1 saturated carbocycles. The van der Waals surface area contributed by atoms with Crippen LogP contribution in [0.4, 0.5) is 5.69 Å². The molecule has 3 aliphatic rings. The van der Waals surface area contributed by atoms with Crippen LogP contribution in [0.25, 0.3) is 0 Å². The van der Waals surface area contributed by atoms with Crippen molar-refractivity contribution in [2.75, 3.05) is 24.7 Å². The first-order chi connectivity index (χ1) is 17.4. The number of fused-ring (bicyclic) bond motifs is 5. The molecule has 7 heteroatoms. The van der Waals surface area contributed by atoms with E-state index in [1.54, 1.807) is 13.8 Å². The van der Waals surface area contributed by atoms with E-state index >= 15 is 0 Å². The number of benzene rings is 2. The number of carbonyl (C=O) groups is 2. The largest absolute Gasteiger partial charge is 0.465 e. The molecule has 0 radical (unpaired) electrons. The Morgan fingerprint density at radius 3 is 2.42 bits per heavy atom. The Morgan fingerprint density at radius 1 is 1.06 bits per heavy atom. The first-order valence-electron chi connectivity index (χ1n) is 12.9. The maximum Gasteiger partial charge on any atom is 0.325 e. The van der Waals surface area contributed by atoms with Crippen molar-refractivity contribution in [3.63, 3.8) is 0 Å². The molecular formula is C29H34BrNO5. The van der Waals surface area contributed by atoms with E-state index in [0.717, 1.165) is 34.1 Å². The van der Waals surface area contributed by atoms with Gasteiger partial charge in [0.05, 0.1) is 25.4 Å². The van der Waals surface area contributed by atoms with Crippen LogP contribution in [0.5, 0.6) is 0 Å². The summed E-state index contributed by atoms with van der Waals surface area (Å²) in [5.41, 5.74) is 1.07. The first-order valence-corrected chi connectivity index (χ1v) is 13.7. The molecule has 0 unspecified atom stereocenters. The zero-order valence-corrected chi connectivity index (χ0v) is 22.8. The lowest BCUT2D eigenvalue weighted by Crippen LogP contribution is -2.70. The minimum atomic E-state index is -1.48. The van der Waals surface area contributed by atoms with E-state index in [-0.39, 0.29) is 25.2 Å². The fourth-order valence-corrected chi connectivity index (χ4v) is 7.93. The van der Waals surface area contributed by atoms with Gasteiger partial charge in [-0.3, -0.25) is 9.59 Å². The summed E-state index contributed by atoms with van der Waals surface area (Å²) < 4.78 is 18.9. The van der Waals surface area contributed by atoms with Gasteiger partial charge in [0, 0.05) is 34.3 Å².